The molecule has 1 aliphatic rings. The minimum atomic E-state index is -0.835. The molecule has 0 radical (unpaired) electrons. The predicted molar refractivity (Wildman–Crippen MR) is 58.1 cm³/mol. The van der Waals surface area contributed by atoms with Crippen molar-refractivity contribution in [3.05, 3.63) is 21.8 Å². The smallest absolute Gasteiger partial charge is 0.275 e. The van der Waals surface area contributed by atoms with Crippen LogP contribution >= 0.6 is 0 Å². The molecule has 0 spiro atoms. The molecular weight excluding hydrogens is 210 g/mol. The highest BCUT2D eigenvalue weighted by Crippen LogP contribution is 2.19. The normalized spacial score (nSPS) is 26.1. The van der Waals surface area contributed by atoms with Gasteiger partial charge in [-0.3, -0.25) is 10.1 Å². The van der Waals surface area contributed by atoms with Crippen molar-refractivity contribution in [2.24, 2.45) is 5.92 Å². The number of allylic oxidation sites excluding steroid dienone is 1. The fourth-order valence-electron chi connectivity index (χ4n) is 1.54. The molecule has 5 heteroatoms. The van der Waals surface area contributed by atoms with Crippen molar-refractivity contribution in [2.45, 2.75) is 32.6 Å². The monoisotopic (exact) mass is 225 g/mol. The van der Waals surface area contributed by atoms with Crippen molar-refractivity contribution in [3.63, 3.8) is 0 Å². The Bertz CT molecular complexity index is 351. The summed E-state index contributed by atoms with van der Waals surface area (Å²) in [5.41, 5.74) is 0.880. The van der Waals surface area contributed by atoms with Gasteiger partial charge in [-0.1, -0.05) is 12.8 Å². The van der Waals surface area contributed by atoms with Gasteiger partial charge in [-0.25, -0.2) is 0 Å². The maximum absolute atomic E-state index is 10.7. The van der Waals surface area contributed by atoms with Crippen LogP contribution in [0.1, 0.15) is 20.3 Å². The van der Waals surface area contributed by atoms with E-state index >= 15 is 0 Å². The largest absolute Gasteiger partial charge is 0.368 e. The van der Waals surface area contributed by atoms with E-state index in [1.54, 1.807) is 13.0 Å². The highest BCUT2D eigenvalue weighted by Gasteiger charge is 2.27. The summed E-state index contributed by atoms with van der Waals surface area (Å²) in [4.78, 5) is 10.3. The molecule has 1 N–H and O–H groups in total. The number of aliphatic hydroxyl groups excluding tert-OH is 1. The summed E-state index contributed by atoms with van der Waals surface area (Å²) in [7, 11) is 0. The van der Waals surface area contributed by atoms with Crippen LogP contribution in [-0.4, -0.2) is 29.0 Å². The standard InChI is InChI=1S/C11H15NO4/c1-8-6-10(7-16-9(2)13)4-3-5-11(8)12(14)15/h4,8-9,11,13H,6-7H2,1-2H3/t8-,9?,11?/m0/s1. The van der Waals surface area contributed by atoms with E-state index in [0.717, 1.165) is 5.57 Å². The Labute approximate surface area is 94.3 Å². The van der Waals surface area contributed by atoms with E-state index in [0.29, 0.717) is 6.42 Å². The van der Waals surface area contributed by atoms with Gasteiger partial charge in [0.2, 0.25) is 0 Å². The summed E-state index contributed by atoms with van der Waals surface area (Å²) in [6, 6.07) is -0.819. The van der Waals surface area contributed by atoms with Gasteiger partial charge in [-0.2, -0.15) is 0 Å². The molecule has 5 nitrogen and oxygen atoms in total. The molecule has 1 aliphatic carbocycles. The Hall–Kier alpha value is -1.38. The minimum Gasteiger partial charge on any atom is -0.368 e. The van der Waals surface area contributed by atoms with Crippen LogP contribution in [0, 0.1) is 27.9 Å². The lowest BCUT2D eigenvalue weighted by molar-refractivity contribution is -0.514. The van der Waals surface area contributed by atoms with E-state index in [4.69, 9.17) is 9.84 Å². The first-order valence-corrected chi connectivity index (χ1v) is 5.13. The first-order chi connectivity index (χ1) is 7.50. The van der Waals surface area contributed by atoms with Crippen molar-refractivity contribution in [3.8, 4) is 11.8 Å². The first kappa shape index (κ1) is 12.7. The number of ether oxygens (including phenoxy) is 1. The molecule has 0 amide bonds. The van der Waals surface area contributed by atoms with Crippen molar-refractivity contribution in [1.82, 2.24) is 0 Å². The minimum absolute atomic E-state index is 0.145. The van der Waals surface area contributed by atoms with Crippen LogP contribution in [0.2, 0.25) is 0 Å². The molecule has 16 heavy (non-hydrogen) atoms. The maximum Gasteiger partial charge on any atom is 0.275 e. The summed E-state index contributed by atoms with van der Waals surface area (Å²) >= 11 is 0. The lowest BCUT2D eigenvalue weighted by atomic mass is 9.96. The van der Waals surface area contributed by atoms with Gasteiger partial charge in [-0.15, -0.1) is 0 Å². The SMILES string of the molecule is CC(O)OCC1=CC#CC([N+](=O)[O-])[C@@H](C)C1. The molecule has 0 aromatic rings. The second-order valence-electron chi connectivity index (χ2n) is 3.91. The Morgan fingerprint density at radius 2 is 2.50 bits per heavy atom. The molecule has 0 bridgehead atoms. The molecule has 0 aromatic carbocycles. The lowest BCUT2D eigenvalue weighted by Gasteiger charge is -2.14. The molecule has 0 aromatic heterocycles. The van der Waals surface area contributed by atoms with Gasteiger partial charge < -0.3 is 9.84 Å². The Morgan fingerprint density at radius 1 is 1.81 bits per heavy atom. The Morgan fingerprint density at radius 3 is 3.06 bits per heavy atom. The van der Waals surface area contributed by atoms with Gasteiger partial charge in [0.1, 0.15) is 0 Å². The summed E-state index contributed by atoms with van der Waals surface area (Å²) in [6.45, 7) is 3.58. The van der Waals surface area contributed by atoms with E-state index in [1.807, 2.05) is 0 Å². The predicted octanol–water partition coefficient (Wildman–Crippen LogP) is 0.956. The molecule has 3 atom stereocenters. The van der Waals surface area contributed by atoms with Crippen LogP contribution in [0.5, 0.6) is 0 Å². The molecule has 0 saturated carbocycles. The molecule has 0 heterocycles. The number of aliphatic hydroxyl groups is 1. The fourth-order valence-corrected chi connectivity index (χ4v) is 1.54. The molecule has 1 rings (SSSR count). The zero-order chi connectivity index (χ0) is 12.1. The lowest BCUT2D eigenvalue weighted by Crippen LogP contribution is -2.25. The van der Waals surface area contributed by atoms with Crippen LogP contribution < -0.4 is 0 Å². The van der Waals surface area contributed by atoms with E-state index in [2.05, 4.69) is 11.8 Å². The van der Waals surface area contributed by atoms with Crippen LogP contribution in [0.3, 0.4) is 0 Å². The summed E-state index contributed by atoms with van der Waals surface area (Å²) in [5, 5.41) is 19.7. The van der Waals surface area contributed by atoms with Crippen LogP contribution in [0.15, 0.2) is 11.6 Å². The molecule has 0 aliphatic heterocycles. The summed E-state index contributed by atoms with van der Waals surface area (Å²) < 4.78 is 5.03. The topological polar surface area (TPSA) is 72.6 Å². The highest BCUT2D eigenvalue weighted by atomic mass is 16.6. The molecule has 2 unspecified atom stereocenters. The maximum atomic E-state index is 10.7. The number of nitro groups is 1. The van der Waals surface area contributed by atoms with Crippen molar-refractivity contribution in [2.75, 3.05) is 6.61 Å². The summed E-state index contributed by atoms with van der Waals surface area (Å²) in [6.07, 6.45) is 1.36. The first-order valence-electron chi connectivity index (χ1n) is 5.13. The van der Waals surface area contributed by atoms with E-state index in [9.17, 15) is 10.1 Å². The Balaban J connectivity index is 2.62. The number of hydrogen-bond donors (Lipinski definition) is 1. The molecular formula is C11H15NO4. The van der Waals surface area contributed by atoms with Crippen LogP contribution in [0.4, 0.5) is 0 Å². The van der Waals surface area contributed by atoms with Gasteiger partial charge in [0.05, 0.1) is 6.61 Å². The van der Waals surface area contributed by atoms with Gasteiger partial charge in [-0.05, 0) is 30.9 Å². The van der Waals surface area contributed by atoms with Crippen molar-refractivity contribution >= 4 is 0 Å². The Kier molecular flexibility index (Phi) is 4.47. The second-order valence-corrected chi connectivity index (χ2v) is 3.91. The second kappa shape index (κ2) is 5.64. The summed E-state index contributed by atoms with van der Waals surface area (Å²) in [5.74, 6) is 5.13. The third kappa shape index (κ3) is 3.65. The number of nitrogens with zero attached hydrogens (tertiary/aromatic N) is 1. The number of rotatable bonds is 4. The zero-order valence-electron chi connectivity index (χ0n) is 9.34. The molecule has 0 fully saturated rings. The molecule has 0 saturated heterocycles. The van der Waals surface area contributed by atoms with Crippen molar-refractivity contribution in [1.29, 1.82) is 0 Å². The van der Waals surface area contributed by atoms with E-state index < -0.39 is 12.3 Å². The average Bonchev–Trinajstić information content (AvgIpc) is 2.36. The molecule has 88 valence electrons. The van der Waals surface area contributed by atoms with Gasteiger partial charge >= 0.3 is 0 Å². The van der Waals surface area contributed by atoms with Crippen LogP contribution in [0.25, 0.3) is 0 Å². The third-order valence-electron chi connectivity index (χ3n) is 2.37. The average molecular weight is 225 g/mol. The quantitative estimate of drug-likeness (QED) is 0.335. The van der Waals surface area contributed by atoms with Crippen molar-refractivity contribution < 1.29 is 14.8 Å². The fraction of sp³-hybridized carbons (Fsp3) is 0.636. The zero-order valence-corrected chi connectivity index (χ0v) is 9.34. The van der Waals surface area contributed by atoms with Gasteiger partial charge in [0.15, 0.2) is 6.29 Å². The number of hydrogen-bond acceptors (Lipinski definition) is 4. The van der Waals surface area contributed by atoms with E-state index in [1.165, 1.54) is 6.92 Å². The van der Waals surface area contributed by atoms with Gasteiger partial charge in [0, 0.05) is 10.8 Å². The third-order valence-corrected chi connectivity index (χ3v) is 2.37. The van der Waals surface area contributed by atoms with E-state index in [-0.39, 0.29) is 17.4 Å². The van der Waals surface area contributed by atoms with Gasteiger partial charge in [0.25, 0.3) is 6.04 Å². The van der Waals surface area contributed by atoms with Crippen LogP contribution in [-0.2, 0) is 4.74 Å². The highest BCUT2D eigenvalue weighted by molar-refractivity contribution is 5.27.